The lowest BCUT2D eigenvalue weighted by atomic mass is 10.1. The monoisotopic (exact) mass is 267 g/mol. The maximum atomic E-state index is 13.1. The van der Waals surface area contributed by atoms with Crippen LogP contribution in [0.2, 0.25) is 0 Å². The smallest absolute Gasteiger partial charge is 0.237 e. The summed E-state index contributed by atoms with van der Waals surface area (Å²) in [5.74, 6) is -0.457. The van der Waals surface area contributed by atoms with Gasteiger partial charge in [0, 0.05) is 17.8 Å². The lowest BCUT2D eigenvalue weighted by molar-refractivity contribution is -0.124. The van der Waals surface area contributed by atoms with Gasteiger partial charge in [0.05, 0.1) is 12.2 Å². The van der Waals surface area contributed by atoms with Gasteiger partial charge in [0.2, 0.25) is 5.91 Å². The van der Waals surface area contributed by atoms with E-state index < -0.39 is 0 Å². The number of nitrogens with zero attached hydrogens (tertiary/aromatic N) is 1. The van der Waals surface area contributed by atoms with Crippen LogP contribution in [0.25, 0.3) is 0 Å². The third kappa shape index (κ3) is 5.34. The average molecular weight is 267 g/mol. The van der Waals surface area contributed by atoms with Crippen molar-refractivity contribution in [2.24, 2.45) is 0 Å². The molecule has 0 bridgehead atoms. The standard InChI is InChI=1S/C14H22FN3O/c1-9(11-6-12(15)8-16-7-11)17-10(2)13(19)18-14(3,4)5/h6-10,17H,1-5H3,(H,18,19). The molecule has 0 fully saturated rings. The zero-order valence-corrected chi connectivity index (χ0v) is 12.1. The number of amides is 1. The Morgan fingerprint density at radius 3 is 2.47 bits per heavy atom. The Hall–Kier alpha value is -1.49. The van der Waals surface area contributed by atoms with Gasteiger partial charge >= 0.3 is 0 Å². The number of nitrogens with one attached hydrogen (secondary N) is 2. The molecular formula is C14H22FN3O. The van der Waals surface area contributed by atoms with E-state index in [2.05, 4.69) is 15.6 Å². The summed E-state index contributed by atoms with van der Waals surface area (Å²) in [7, 11) is 0. The number of hydrogen-bond acceptors (Lipinski definition) is 3. The van der Waals surface area contributed by atoms with E-state index in [-0.39, 0.29) is 29.3 Å². The fourth-order valence-corrected chi connectivity index (χ4v) is 1.69. The fraction of sp³-hybridized carbons (Fsp3) is 0.571. The Morgan fingerprint density at radius 1 is 1.32 bits per heavy atom. The van der Waals surface area contributed by atoms with Crippen molar-refractivity contribution in [2.75, 3.05) is 0 Å². The summed E-state index contributed by atoms with van der Waals surface area (Å²) < 4.78 is 13.1. The molecule has 2 unspecified atom stereocenters. The Labute approximate surface area is 113 Å². The SMILES string of the molecule is CC(NC(C)c1cncc(F)c1)C(=O)NC(C)(C)C. The van der Waals surface area contributed by atoms with Crippen LogP contribution in [-0.2, 0) is 4.79 Å². The molecule has 0 spiro atoms. The minimum Gasteiger partial charge on any atom is -0.350 e. The number of aromatic nitrogens is 1. The predicted molar refractivity (Wildman–Crippen MR) is 73.1 cm³/mol. The van der Waals surface area contributed by atoms with Gasteiger partial charge in [-0.1, -0.05) is 0 Å². The van der Waals surface area contributed by atoms with Gasteiger partial charge in [0.1, 0.15) is 5.82 Å². The first-order valence-corrected chi connectivity index (χ1v) is 6.37. The normalized spacial score (nSPS) is 14.8. The Bertz CT molecular complexity index is 443. The number of carbonyl (C=O) groups excluding carboxylic acids is 1. The molecule has 1 amide bonds. The molecule has 0 saturated carbocycles. The molecule has 2 N–H and O–H groups in total. The third-order valence-electron chi connectivity index (χ3n) is 2.62. The molecule has 1 aromatic heterocycles. The van der Waals surface area contributed by atoms with E-state index in [4.69, 9.17) is 0 Å². The molecule has 19 heavy (non-hydrogen) atoms. The van der Waals surface area contributed by atoms with Crippen molar-refractivity contribution in [1.29, 1.82) is 0 Å². The highest BCUT2D eigenvalue weighted by molar-refractivity contribution is 5.81. The molecule has 106 valence electrons. The van der Waals surface area contributed by atoms with Crippen LogP contribution in [0, 0.1) is 5.82 Å². The molecule has 0 aliphatic carbocycles. The zero-order chi connectivity index (χ0) is 14.6. The first-order chi connectivity index (χ1) is 8.69. The van der Waals surface area contributed by atoms with Crippen molar-refractivity contribution in [3.8, 4) is 0 Å². The fourth-order valence-electron chi connectivity index (χ4n) is 1.69. The number of halogens is 1. The first-order valence-electron chi connectivity index (χ1n) is 6.37. The molecule has 0 saturated heterocycles. The Kier molecular flexibility index (Phi) is 5.00. The molecule has 0 radical (unpaired) electrons. The van der Waals surface area contributed by atoms with Crippen LogP contribution >= 0.6 is 0 Å². The van der Waals surface area contributed by atoms with Gasteiger partial charge in [-0.3, -0.25) is 15.1 Å². The van der Waals surface area contributed by atoms with Crippen LogP contribution in [-0.4, -0.2) is 22.5 Å². The molecule has 1 aromatic rings. The summed E-state index contributed by atoms with van der Waals surface area (Å²) in [6.07, 6.45) is 2.75. The maximum Gasteiger partial charge on any atom is 0.237 e. The lowest BCUT2D eigenvalue weighted by Crippen LogP contribution is -2.49. The van der Waals surface area contributed by atoms with Crippen molar-refractivity contribution in [3.05, 3.63) is 29.8 Å². The summed E-state index contributed by atoms with van der Waals surface area (Å²) >= 11 is 0. The van der Waals surface area contributed by atoms with Crippen molar-refractivity contribution in [3.63, 3.8) is 0 Å². The number of carbonyl (C=O) groups is 1. The highest BCUT2D eigenvalue weighted by Gasteiger charge is 2.20. The van der Waals surface area contributed by atoms with E-state index in [0.29, 0.717) is 0 Å². The molecule has 1 rings (SSSR count). The number of pyridine rings is 1. The Morgan fingerprint density at radius 2 is 1.95 bits per heavy atom. The molecule has 1 heterocycles. The second-order valence-corrected chi connectivity index (χ2v) is 5.79. The summed E-state index contributed by atoms with van der Waals surface area (Å²) in [5.41, 5.74) is 0.451. The predicted octanol–water partition coefficient (Wildman–Crippen LogP) is 2.17. The van der Waals surface area contributed by atoms with Gasteiger partial charge in [-0.25, -0.2) is 4.39 Å². The maximum absolute atomic E-state index is 13.1. The minimum atomic E-state index is -0.377. The summed E-state index contributed by atoms with van der Waals surface area (Å²) in [6, 6.07) is 0.903. The molecule has 2 atom stereocenters. The second-order valence-electron chi connectivity index (χ2n) is 5.79. The minimum absolute atomic E-state index is 0.0799. The van der Waals surface area contributed by atoms with Crippen LogP contribution in [0.5, 0.6) is 0 Å². The average Bonchev–Trinajstić information content (AvgIpc) is 2.26. The highest BCUT2D eigenvalue weighted by Crippen LogP contribution is 2.13. The summed E-state index contributed by atoms with van der Waals surface area (Å²) in [4.78, 5) is 15.7. The van der Waals surface area contributed by atoms with E-state index in [0.717, 1.165) is 11.8 Å². The van der Waals surface area contributed by atoms with E-state index in [1.54, 1.807) is 13.1 Å². The van der Waals surface area contributed by atoms with Gasteiger partial charge < -0.3 is 5.32 Å². The highest BCUT2D eigenvalue weighted by atomic mass is 19.1. The molecular weight excluding hydrogens is 245 g/mol. The van der Waals surface area contributed by atoms with Crippen molar-refractivity contribution in [1.82, 2.24) is 15.6 Å². The van der Waals surface area contributed by atoms with E-state index in [1.165, 1.54) is 6.07 Å². The zero-order valence-electron chi connectivity index (χ0n) is 12.1. The van der Waals surface area contributed by atoms with Crippen LogP contribution in [0.3, 0.4) is 0 Å². The molecule has 0 aliphatic rings. The molecule has 4 nitrogen and oxygen atoms in total. The van der Waals surface area contributed by atoms with Gasteiger partial charge in [-0.2, -0.15) is 0 Å². The van der Waals surface area contributed by atoms with Crippen LogP contribution in [0.15, 0.2) is 18.5 Å². The van der Waals surface area contributed by atoms with Gasteiger partial charge in [-0.05, 0) is 46.2 Å². The van der Waals surface area contributed by atoms with Crippen LogP contribution in [0.4, 0.5) is 4.39 Å². The van der Waals surface area contributed by atoms with Crippen molar-refractivity contribution >= 4 is 5.91 Å². The van der Waals surface area contributed by atoms with Gasteiger partial charge in [0.15, 0.2) is 0 Å². The van der Waals surface area contributed by atoms with E-state index in [9.17, 15) is 9.18 Å². The van der Waals surface area contributed by atoms with E-state index in [1.807, 2.05) is 27.7 Å². The third-order valence-corrected chi connectivity index (χ3v) is 2.62. The molecule has 0 aromatic carbocycles. The number of rotatable bonds is 4. The second kappa shape index (κ2) is 6.10. The number of hydrogen-bond donors (Lipinski definition) is 2. The topological polar surface area (TPSA) is 54.0 Å². The summed E-state index contributed by atoms with van der Waals surface area (Å²) in [6.45, 7) is 9.44. The van der Waals surface area contributed by atoms with E-state index >= 15 is 0 Å². The molecule has 5 heteroatoms. The molecule has 0 aliphatic heterocycles. The van der Waals surface area contributed by atoms with Crippen molar-refractivity contribution < 1.29 is 9.18 Å². The van der Waals surface area contributed by atoms with Crippen LogP contribution in [0.1, 0.15) is 46.2 Å². The van der Waals surface area contributed by atoms with Crippen LogP contribution < -0.4 is 10.6 Å². The largest absolute Gasteiger partial charge is 0.350 e. The summed E-state index contributed by atoms with van der Waals surface area (Å²) in [5, 5.41) is 6.02. The quantitative estimate of drug-likeness (QED) is 0.879. The van der Waals surface area contributed by atoms with Gasteiger partial charge in [0.25, 0.3) is 0 Å². The first kappa shape index (κ1) is 15.6. The van der Waals surface area contributed by atoms with Gasteiger partial charge in [-0.15, -0.1) is 0 Å². The Balaban J connectivity index is 2.61. The lowest BCUT2D eigenvalue weighted by Gasteiger charge is -2.25. The van der Waals surface area contributed by atoms with Crippen molar-refractivity contribution in [2.45, 2.75) is 52.2 Å².